The van der Waals surface area contributed by atoms with Gasteiger partial charge in [0.15, 0.2) is 0 Å². The summed E-state index contributed by atoms with van der Waals surface area (Å²) >= 11 is 2.40. The zero-order valence-electron chi connectivity index (χ0n) is 8.02. The van der Waals surface area contributed by atoms with E-state index in [2.05, 4.69) is 54.3 Å². The van der Waals surface area contributed by atoms with Crippen LogP contribution in [0.3, 0.4) is 0 Å². The summed E-state index contributed by atoms with van der Waals surface area (Å²) in [5.74, 6) is 0. The Morgan fingerprint density at radius 2 is 2.23 bits per heavy atom. The molecule has 0 bridgehead atoms. The molecule has 1 rings (SSSR count). The van der Waals surface area contributed by atoms with Crippen LogP contribution >= 0.6 is 22.6 Å². The third-order valence-electron chi connectivity index (χ3n) is 2.16. The Hall–Kier alpha value is -0.310. The molecule has 0 fully saturated rings. The zero-order valence-corrected chi connectivity index (χ0v) is 10.2. The molecule has 0 nitrogen and oxygen atoms in total. The minimum Gasteiger partial charge on any atom is -0.0985 e. The summed E-state index contributed by atoms with van der Waals surface area (Å²) in [5.41, 5.74) is 2.75. The molecule has 1 heteroatoms. The van der Waals surface area contributed by atoms with Gasteiger partial charge < -0.3 is 0 Å². The van der Waals surface area contributed by atoms with E-state index in [4.69, 9.17) is 0 Å². The summed E-state index contributed by atoms with van der Waals surface area (Å²) in [4.78, 5) is 0. The Kier molecular flexibility index (Phi) is 4.50. The lowest BCUT2D eigenvalue weighted by Gasteiger charge is -2.07. The van der Waals surface area contributed by atoms with Crippen molar-refractivity contribution in [1.82, 2.24) is 0 Å². The largest absolute Gasteiger partial charge is 0.0985 e. The highest BCUT2D eigenvalue weighted by atomic mass is 127. The Balaban J connectivity index is 2.93. The Morgan fingerprint density at radius 3 is 2.85 bits per heavy atom. The summed E-state index contributed by atoms with van der Waals surface area (Å²) in [6.45, 7) is 6.06. The molecule has 0 aliphatic rings. The van der Waals surface area contributed by atoms with Crippen LogP contribution in [0.4, 0.5) is 0 Å². The van der Waals surface area contributed by atoms with Gasteiger partial charge in [-0.15, -0.1) is 0 Å². The molecule has 70 valence electrons. The monoisotopic (exact) mass is 286 g/mol. The zero-order chi connectivity index (χ0) is 9.68. The lowest BCUT2D eigenvalue weighted by Crippen LogP contribution is -1.92. The summed E-state index contributed by atoms with van der Waals surface area (Å²) in [5, 5.41) is 0. The van der Waals surface area contributed by atoms with E-state index >= 15 is 0 Å². The van der Waals surface area contributed by atoms with Crippen LogP contribution in [0.25, 0.3) is 6.08 Å². The molecule has 0 atom stereocenters. The molecule has 1 aromatic carbocycles. The van der Waals surface area contributed by atoms with Gasteiger partial charge in [-0.1, -0.05) is 38.1 Å². The first kappa shape index (κ1) is 10.8. The second-order valence-corrected chi connectivity index (χ2v) is 4.28. The second-order valence-electron chi connectivity index (χ2n) is 3.12. The van der Waals surface area contributed by atoms with E-state index in [1.165, 1.54) is 34.0 Å². The fourth-order valence-corrected chi connectivity index (χ4v) is 2.17. The van der Waals surface area contributed by atoms with E-state index in [-0.39, 0.29) is 0 Å². The third kappa shape index (κ3) is 2.83. The number of benzene rings is 1. The van der Waals surface area contributed by atoms with Crippen molar-refractivity contribution in [2.45, 2.75) is 26.2 Å². The van der Waals surface area contributed by atoms with Crippen LogP contribution < -0.4 is 0 Å². The first-order chi connectivity index (χ1) is 6.29. The van der Waals surface area contributed by atoms with Crippen LogP contribution in [-0.4, -0.2) is 0 Å². The molecule has 0 aliphatic carbocycles. The molecule has 0 saturated carbocycles. The first-order valence-electron chi connectivity index (χ1n) is 4.69. The maximum absolute atomic E-state index is 3.84. The summed E-state index contributed by atoms with van der Waals surface area (Å²) < 4.78 is 1.36. The van der Waals surface area contributed by atoms with Crippen molar-refractivity contribution in [3.05, 3.63) is 39.5 Å². The maximum atomic E-state index is 3.84. The molecule has 0 aliphatic heterocycles. The molecule has 0 radical (unpaired) electrons. The van der Waals surface area contributed by atoms with Crippen molar-refractivity contribution in [2.75, 3.05) is 0 Å². The quantitative estimate of drug-likeness (QED) is 0.725. The fraction of sp³-hybridized carbons (Fsp3) is 0.333. The van der Waals surface area contributed by atoms with E-state index in [0.29, 0.717) is 0 Å². The van der Waals surface area contributed by atoms with Gasteiger partial charge in [-0.25, -0.2) is 0 Å². The Labute approximate surface area is 94.2 Å². The highest BCUT2D eigenvalue weighted by molar-refractivity contribution is 14.1. The van der Waals surface area contributed by atoms with Gasteiger partial charge in [-0.3, -0.25) is 0 Å². The molecule has 0 saturated heterocycles. The molecular weight excluding hydrogens is 271 g/mol. The van der Waals surface area contributed by atoms with Gasteiger partial charge in [0.2, 0.25) is 0 Å². The van der Waals surface area contributed by atoms with Gasteiger partial charge in [0.25, 0.3) is 0 Å². The lowest BCUT2D eigenvalue weighted by atomic mass is 10.0. The van der Waals surface area contributed by atoms with E-state index in [1.807, 2.05) is 6.08 Å². The molecule has 0 aromatic heterocycles. The molecule has 1 aromatic rings. The average molecular weight is 286 g/mol. The molecule has 0 N–H and O–H groups in total. The standard InChI is InChI=1S/C12H15I/c1-3-5-8-11-10(4-2)7-6-9-12(11)13/h4,6-7,9H,2-3,5,8H2,1H3. The van der Waals surface area contributed by atoms with E-state index in [1.54, 1.807) is 0 Å². The summed E-state index contributed by atoms with van der Waals surface area (Å²) in [6, 6.07) is 6.40. The molecule has 13 heavy (non-hydrogen) atoms. The van der Waals surface area contributed by atoms with Crippen molar-refractivity contribution >= 4 is 28.7 Å². The van der Waals surface area contributed by atoms with Crippen LogP contribution in [0, 0.1) is 3.57 Å². The lowest BCUT2D eigenvalue weighted by molar-refractivity contribution is 0.791. The Bertz CT molecular complexity index is 289. The van der Waals surface area contributed by atoms with Crippen LogP contribution in [0.2, 0.25) is 0 Å². The highest BCUT2D eigenvalue weighted by Gasteiger charge is 2.02. The van der Waals surface area contributed by atoms with Crippen molar-refractivity contribution in [3.63, 3.8) is 0 Å². The predicted octanol–water partition coefficient (Wildman–Crippen LogP) is 4.28. The fourth-order valence-electron chi connectivity index (χ4n) is 1.38. The topological polar surface area (TPSA) is 0 Å². The van der Waals surface area contributed by atoms with Gasteiger partial charge in [0, 0.05) is 3.57 Å². The normalized spacial score (nSPS) is 10.0. The number of halogens is 1. The van der Waals surface area contributed by atoms with E-state index in [0.717, 1.165) is 0 Å². The number of unbranched alkanes of at least 4 members (excludes halogenated alkanes) is 1. The minimum atomic E-state index is 1.18. The van der Waals surface area contributed by atoms with E-state index < -0.39 is 0 Å². The Morgan fingerprint density at radius 1 is 1.46 bits per heavy atom. The molecule has 0 amide bonds. The third-order valence-corrected chi connectivity index (χ3v) is 3.17. The number of rotatable bonds is 4. The van der Waals surface area contributed by atoms with Gasteiger partial charge in [0.05, 0.1) is 0 Å². The SMILES string of the molecule is C=Cc1cccc(I)c1CCCC. The van der Waals surface area contributed by atoms with Crippen LogP contribution in [0.15, 0.2) is 24.8 Å². The smallest absolute Gasteiger partial charge is 0.0168 e. The molecule has 0 unspecified atom stereocenters. The molecule has 0 heterocycles. The van der Waals surface area contributed by atoms with Crippen LogP contribution in [-0.2, 0) is 6.42 Å². The van der Waals surface area contributed by atoms with Crippen molar-refractivity contribution in [1.29, 1.82) is 0 Å². The average Bonchev–Trinajstić information content (AvgIpc) is 2.15. The van der Waals surface area contributed by atoms with Gasteiger partial charge in [0.1, 0.15) is 0 Å². The number of hydrogen-bond acceptors (Lipinski definition) is 0. The molecular formula is C12H15I. The summed E-state index contributed by atoms with van der Waals surface area (Å²) in [7, 11) is 0. The highest BCUT2D eigenvalue weighted by Crippen LogP contribution is 2.20. The van der Waals surface area contributed by atoms with Gasteiger partial charge >= 0.3 is 0 Å². The maximum Gasteiger partial charge on any atom is 0.0168 e. The van der Waals surface area contributed by atoms with Crippen LogP contribution in [0.1, 0.15) is 30.9 Å². The first-order valence-corrected chi connectivity index (χ1v) is 5.77. The van der Waals surface area contributed by atoms with Crippen molar-refractivity contribution < 1.29 is 0 Å². The molecule has 0 spiro atoms. The van der Waals surface area contributed by atoms with Crippen LogP contribution in [0.5, 0.6) is 0 Å². The minimum absolute atomic E-state index is 1.18. The van der Waals surface area contributed by atoms with Gasteiger partial charge in [-0.2, -0.15) is 0 Å². The second kappa shape index (κ2) is 5.43. The number of hydrogen-bond donors (Lipinski definition) is 0. The summed E-state index contributed by atoms with van der Waals surface area (Å²) in [6.07, 6.45) is 5.65. The van der Waals surface area contributed by atoms with Gasteiger partial charge in [-0.05, 0) is 52.6 Å². The predicted molar refractivity (Wildman–Crippen MR) is 67.9 cm³/mol. The van der Waals surface area contributed by atoms with Crippen molar-refractivity contribution in [2.24, 2.45) is 0 Å². The van der Waals surface area contributed by atoms with E-state index in [9.17, 15) is 0 Å². The van der Waals surface area contributed by atoms with Crippen molar-refractivity contribution in [3.8, 4) is 0 Å².